The minimum atomic E-state index is -0.0874. The Balaban J connectivity index is 1.48. The monoisotopic (exact) mass is 559 g/mol. The second kappa shape index (κ2) is 11.3. The van der Waals surface area contributed by atoms with Crippen LogP contribution in [0.1, 0.15) is 62.3 Å². The van der Waals surface area contributed by atoms with Crippen molar-refractivity contribution in [3.8, 4) is 23.0 Å². The lowest BCUT2D eigenvalue weighted by Gasteiger charge is -2.26. The summed E-state index contributed by atoms with van der Waals surface area (Å²) in [6.07, 6.45) is 8.44. The maximum atomic E-state index is 6.57. The fourth-order valence-corrected chi connectivity index (χ4v) is 6.23. The van der Waals surface area contributed by atoms with Gasteiger partial charge in [0.05, 0.1) is 58.3 Å². The van der Waals surface area contributed by atoms with Crippen LogP contribution in [0.5, 0.6) is 11.8 Å². The predicted octanol–water partition coefficient (Wildman–Crippen LogP) is 4.30. The first kappa shape index (κ1) is 27.5. The molecule has 0 aliphatic carbocycles. The van der Waals surface area contributed by atoms with E-state index in [0.717, 1.165) is 71.0 Å². The maximum Gasteiger partial charge on any atom is 0.240 e. The first-order valence-electron chi connectivity index (χ1n) is 14.7. The molecule has 4 aromatic rings. The summed E-state index contributed by atoms with van der Waals surface area (Å²) in [6, 6.07) is 2.27. The van der Waals surface area contributed by atoms with Crippen LogP contribution >= 0.6 is 0 Å². The molecule has 6 rings (SSSR count). The molecular weight excluding hydrogens is 518 g/mol. The molecule has 2 aliphatic heterocycles. The Labute approximate surface area is 241 Å². The third-order valence-electron chi connectivity index (χ3n) is 8.05. The molecule has 2 unspecified atom stereocenters. The van der Waals surface area contributed by atoms with Crippen molar-refractivity contribution >= 4 is 23.1 Å². The van der Waals surface area contributed by atoms with Gasteiger partial charge < -0.3 is 14.4 Å². The third kappa shape index (κ3) is 5.36. The number of nitrogens with one attached hydrogen (secondary N) is 1. The van der Waals surface area contributed by atoms with Gasteiger partial charge in [0, 0.05) is 32.1 Å². The number of hydrogen-bond donors (Lipinski definition) is 1. The number of nitrogens with zero attached hydrogens (tertiary/aromatic N) is 8. The second-order valence-electron chi connectivity index (χ2n) is 11.5. The Morgan fingerprint density at radius 2 is 1.98 bits per heavy atom. The lowest BCUT2D eigenvalue weighted by Crippen LogP contribution is -2.33. The average molecular weight is 560 g/mol. The molecule has 1 fully saturated rings. The van der Waals surface area contributed by atoms with Crippen molar-refractivity contribution in [1.82, 2.24) is 44.5 Å². The van der Waals surface area contributed by atoms with Crippen LogP contribution in [0.3, 0.4) is 0 Å². The fraction of sp³-hybridized carbons (Fsp3) is 0.533. The zero-order chi connectivity index (χ0) is 28.7. The molecule has 0 aromatic carbocycles. The molecule has 41 heavy (non-hydrogen) atoms. The molecule has 0 amide bonds. The lowest BCUT2D eigenvalue weighted by molar-refractivity contribution is 0.146. The van der Waals surface area contributed by atoms with Gasteiger partial charge in [0.15, 0.2) is 0 Å². The number of H-pyrrole nitrogens is 1. The summed E-state index contributed by atoms with van der Waals surface area (Å²) >= 11 is 0. The molecule has 218 valence electrons. The lowest BCUT2D eigenvalue weighted by atomic mass is 10.1. The largest absolute Gasteiger partial charge is 0.476 e. The zero-order valence-electron chi connectivity index (χ0n) is 25.0. The smallest absolute Gasteiger partial charge is 0.240 e. The number of pyridine rings is 1. The van der Waals surface area contributed by atoms with Crippen molar-refractivity contribution in [2.45, 2.75) is 59.2 Å². The van der Waals surface area contributed by atoms with Crippen LogP contribution in [-0.2, 0) is 13.6 Å². The van der Waals surface area contributed by atoms with Crippen molar-refractivity contribution in [3.63, 3.8) is 0 Å². The molecule has 11 heteroatoms. The van der Waals surface area contributed by atoms with E-state index >= 15 is 0 Å². The van der Waals surface area contributed by atoms with Gasteiger partial charge in [-0.05, 0) is 78.9 Å². The molecule has 2 bridgehead atoms. The third-order valence-corrected chi connectivity index (χ3v) is 8.05. The van der Waals surface area contributed by atoms with Crippen LogP contribution in [0, 0.1) is 6.92 Å². The van der Waals surface area contributed by atoms with Gasteiger partial charge in [-0.15, -0.1) is 5.10 Å². The second-order valence-corrected chi connectivity index (χ2v) is 11.5. The molecular formula is C30H41N9O2. The molecule has 4 aromatic heterocycles. The fourth-order valence-electron chi connectivity index (χ4n) is 6.23. The molecule has 2 aliphatic rings. The molecule has 0 radical (unpaired) electrons. The number of ether oxygens (including phenoxy) is 2. The average Bonchev–Trinajstić information content (AvgIpc) is 3.70. The summed E-state index contributed by atoms with van der Waals surface area (Å²) in [6.45, 7) is 13.6. The first-order valence-corrected chi connectivity index (χ1v) is 14.7. The summed E-state index contributed by atoms with van der Waals surface area (Å²) in [5.74, 6) is 1.37. The molecule has 2 atom stereocenters. The number of likely N-dealkylation sites (tertiary alicyclic amines) is 1. The quantitative estimate of drug-likeness (QED) is 0.386. The number of fused-ring (bicyclic) bond motifs is 4. The van der Waals surface area contributed by atoms with Crippen molar-refractivity contribution < 1.29 is 9.47 Å². The summed E-state index contributed by atoms with van der Waals surface area (Å²) < 4.78 is 16.7. The van der Waals surface area contributed by atoms with E-state index in [1.54, 1.807) is 0 Å². The van der Waals surface area contributed by atoms with E-state index < -0.39 is 0 Å². The number of aryl methyl sites for hydroxylation is 2. The van der Waals surface area contributed by atoms with Crippen molar-refractivity contribution in [2.24, 2.45) is 7.05 Å². The van der Waals surface area contributed by atoms with Gasteiger partial charge in [-0.3, -0.25) is 19.7 Å². The SMILES string of the molecule is CCOc1nn(C(C)CN2CCCC2)c2c1/C=C/c1n[nH]c3cnc(cc13)-c1c(C)nn(C)c1OC(C)CN(C)C2. The normalized spacial score (nSPS) is 19.9. The van der Waals surface area contributed by atoms with Gasteiger partial charge in [-0.1, -0.05) is 0 Å². The van der Waals surface area contributed by atoms with Gasteiger partial charge in [0.1, 0.15) is 6.10 Å². The Bertz CT molecular complexity index is 1560. The molecule has 1 N–H and O–H groups in total. The maximum absolute atomic E-state index is 6.57. The highest BCUT2D eigenvalue weighted by Crippen LogP contribution is 2.35. The van der Waals surface area contributed by atoms with Crippen LogP contribution in [0.2, 0.25) is 0 Å². The van der Waals surface area contributed by atoms with E-state index in [1.165, 1.54) is 12.8 Å². The summed E-state index contributed by atoms with van der Waals surface area (Å²) in [4.78, 5) is 9.58. The highest BCUT2D eigenvalue weighted by molar-refractivity contribution is 5.92. The zero-order valence-corrected chi connectivity index (χ0v) is 25.0. The highest BCUT2D eigenvalue weighted by Gasteiger charge is 2.26. The van der Waals surface area contributed by atoms with E-state index in [9.17, 15) is 0 Å². The van der Waals surface area contributed by atoms with E-state index in [0.29, 0.717) is 24.9 Å². The van der Waals surface area contributed by atoms with Gasteiger partial charge in [-0.25, -0.2) is 4.68 Å². The van der Waals surface area contributed by atoms with Crippen LogP contribution in [-0.4, -0.2) is 90.5 Å². The van der Waals surface area contributed by atoms with Crippen LogP contribution in [0.25, 0.3) is 34.3 Å². The van der Waals surface area contributed by atoms with Gasteiger partial charge >= 0.3 is 0 Å². The Hall–Kier alpha value is -3.70. The van der Waals surface area contributed by atoms with Crippen LogP contribution < -0.4 is 9.47 Å². The summed E-state index contributed by atoms with van der Waals surface area (Å²) in [5.41, 5.74) is 6.41. The van der Waals surface area contributed by atoms with E-state index in [2.05, 4.69) is 68.9 Å². The molecule has 1 saturated heterocycles. The standard InChI is InChI=1S/C30H41N9O2/c1-7-40-29-22-10-11-24-23-14-25(31-15-26(23)33-32-24)28-21(4)34-37(6)30(28)41-20(3)17-36(5)18-27(22)39(35-29)19(2)16-38-12-8-9-13-38/h10-11,14-15,19-20H,7-9,12-13,16-18H2,1-6H3,(H,32,33)/b11-10+. The Morgan fingerprint density at radius 3 is 2.76 bits per heavy atom. The van der Waals surface area contributed by atoms with Gasteiger partial charge in [0.2, 0.25) is 11.8 Å². The van der Waals surface area contributed by atoms with Crippen molar-refractivity contribution in [1.29, 1.82) is 0 Å². The van der Waals surface area contributed by atoms with Gasteiger partial charge in [0.25, 0.3) is 0 Å². The minimum Gasteiger partial charge on any atom is -0.476 e. The highest BCUT2D eigenvalue weighted by atomic mass is 16.5. The number of rotatable bonds is 5. The first-order chi connectivity index (χ1) is 19.8. The molecule has 0 saturated carbocycles. The van der Waals surface area contributed by atoms with E-state index in [1.807, 2.05) is 31.8 Å². The van der Waals surface area contributed by atoms with Crippen LogP contribution in [0.4, 0.5) is 0 Å². The molecule has 0 spiro atoms. The predicted molar refractivity (Wildman–Crippen MR) is 160 cm³/mol. The topological polar surface area (TPSA) is 102 Å². The van der Waals surface area contributed by atoms with Crippen molar-refractivity contribution in [2.75, 3.05) is 39.8 Å². The van der Waals surface area contributed by atoms with Crippen molar-refractivity contribution in [3.05, 3.63) is 34.9 Å². The Morgan fingerprint density at radius 1 is 1.17 bits per heavy atom. The number of aromatic amines is 1. The van der Waals surface area contributed by atoms with Gasteiger partial charge in [-0.2, -0.15) is 10.2 Å². The number of aromatic nitrogens is 7. The molecule has 11 nitrogen and oxygen atoms in total. The summed E-state index contributed by atoms with van der Waals surface area (Å²) in [7, 11) is 4.05. The number of hydrogen-bond acceptors (Lipinski definition) is 8. The minimum absolute atomic E-state index is 0.0874. The Kier molecular flexibility index (Phi) is 7.56. The van der Waals surface area contributed by atoms with E-state index in [4.69, 9.17) is 19.6 Å². The van der Waals surface area contributed by atoms with E-state index in [-0.39, 0.29) is 12.1 Å². The summed E-state index contributed by atoms with van der Waals surface area (Å²) in [5, 5.41) is 18.5. The number of likely N-dealkylation sites (N-methyl/N-ethyl adjacent to an activating group) is 1. The molecule has 6 heterocycles. The van der Waals surface area contributed by atoms with Crippen LogP contribution in [0.15, 0.2) is 12.3 Å².